The highest BCUT2D eigenvalue weighted by Crippen LogP contribution is 2.29. The zero-order chi connectivity index (χ0) is 13.9. The van der Waals surface area contributed by atoms with Crippen molar-refractivity contribution in [1.82, 2.24) is 10.2 Å². The number of rotatable bonds is 4. The first kappa shape index (κ1) is 13.4. The number of anilines is 2. The van der Waals surface area contributed by atoms with Crippen molar-refractivity contribution in [3.8, 4) is 0 Å². The predicted octanol–water partition coefficient (Wildman–Crippen LogP) is 2.19. The van der Waals surface area contributed by atoms with Crippen LogP contribution in [0.2, 0.25) is 0 Å². The van der Waals surface area contributed by atoms with E-state index < -0.39 is 0 Å². The average molecular weight is 306 g/mol. The van der Waals surface area contributed by atoms with Crippen LogP contribution in [0.3, 0.4) is 0 Å². The first-order valence-electron chi connectivity index (χ1n) is 6.34. The number of benzene rings is 1. The number of hydrogen-bond acceptors (Lipinski definition) is 6. The molecule has 7 heteroatoms. The zero-order valence-electron chi connectivity index (χ0n) is 10.8. The van der Waals surface area contributed by atoms with Crippen molar-refractivity contribution in [2.24, 2.45) is 0 Å². The average Bonchev–Trinajstić information content (AvgIpc) is 3.05. The number of thioether (sulfide) groups is 1. The molecule has 2 N–H and O–H groups in total. The largest absolute Gasteiger partial charge is 0.374 e. The molecular formula is C13H14N4OS2. The molecule has 3 rings (SSSR count). The zero-order valence-corrected chi connectivity index (χ0v) is 12.4. The molecule has 1 aromatic heterocycles. The second kappa shape index (κ2) is 5.80. The van der Waals surface area contributed by atoms with Gasteiger partial charge in [0.2, 0.25) is 11.0 Å². The van der Waals surface area contributed by atoms with Gasteiger partial charge < -0.3 is 10.6 Å². The number of carbonyl (C=O) groups is 1. The maximum atomic E-state index is 12.3. The third kappa shape index (κ3) is 2.78. The highest BCUT2D eigenvalue weighted by Gasteiger charge is 2.23. The molecular weight excluding hydrogens is 292 g/mol. The Labute approximate surface area is 125 Å². The molecule has 0 saturated carbocycles. The van der Waals surface area contributed by atoms with E-state index in [1.807, 2.05) is 23.1 Å². The van der Waals surface area contributed by atoms with Crippen LogP contribution >= 0.6 is 23.1 Å². The summed E-state index contributed by atoms with van der Waals surface area (Å²) in [7, 11) is 0. The van der Waals surface area contributed by atoms with E-state index in [-0.39, 0.29) is 5.91 Å². The van der Waals surface area contributed by atoms with Crippen LogP contribution in [0, 0.1) is 0 Å². The Balaban J connectivity index is 1.55. The van der Waals surface area contributed by atoms with Crippen LogP contribution in [-0.4, -0.2) is 28.4 Å². The van der Waals surface area contributed by atoms with E-state index in [2.05, 4.69) is 16.3 Å². The molecule has 20 heavy (non-hydrogen) atoms. The van der Waals surface area contributed by atoms with E-state index in [1.165, 1.54) is 28.7 Å². The van der Waals surface area contributed by atoms with Crippen LogP contribution in [0.25, 0.3) is 0 Å². The van der Waals surface area contributed by atoms with E-state index in [4.69, 9.17) is 5.73 Å². The summed E-state index contributed by atoms with van der Waals surface area (Å²) in [5.41, 5.74) is 7.83. The lowest BCUT2D eigenvalue weighted by Crippen LogP contribution is -2.29. The molecule has 0 fully saturated rings. The number of hydrogen-bond donors (Lipinski definition) is 1. The van der Waals surface area contributed by atoms with Gasteiger partial charge in [-0.2, -0.15) is 0 Å². The highest BCUT2D eigenvalue weighted by atomic mass is 32.2. The molecule has 1 aliphatic rings. The number of aromatic nitrogens is 2. The Kier molecular flexibility index (Phi) is 3.88. The van der Waals surface area contributed by atoms with Gasteiger partial charge in [-0.3, -0.25) is 4.79 Å². The van der Waals surface area contributed by atoms with Gasteiger partial charge >= 0.3 is 0 Å². The van der Waals surface area contributed by atoms with Crippen molar-refractivity contribution in [2.75, 3.05) is 22.9 Å². The molecule has 0 atom stereocenters. The van der Waals surface area contributed by atoms with E-state index in [1.54, 1.807) is 0 Å². The van der Waals surface area contributed by atoms with E-state index in [9.17, 15) is 4.79 Å². The maximum absolute atomic E-state index is 12.3. The first-order valence-corrected chi connectivity index (χ1v) is 8.14. The minimum Gasteiger partial charge on any atom is -0.374 e. The number of nitrogens with zero attached hydrogens (tertiary/aromatic N) is 3. The molecule has 0 aliphatic carbocycles. The molecule has 0 saturated heterocycles. The third-order valence-corrected chi connectivity index (χ3v) is 5.04. The second-order valence-corrected chi connectivity index (χ2v) is 6.78. The van der Waals surface area contributed by atoms with E-state index in [0.29, 0.717) is 17.3 Å². The van der Waals surface area contributed by atoms with Crippen molar-refractivity contribution >= 4 is 39.8 Å². The lowest BCUT2D eigenvalue weighted by atomic mass is 10.2. The topological polar surface area (TPSA) is 72.1 Å². The van der Waals surface area contributed by atoms with Crippen LogP contribution in [0.4, 0.5) is 10.8 Å². The highest BCUT2D eigenvalue weighted by molar-refractivity contribution is 8.01. The summed E-state index contributed by atoms with van der Waals surface area (Å²) in [4.78, 5) is 14.1. The van der Waals surface area contributed by atoms with Crippen LogP contribution < -0.4 is 10.6 Å². The van der Waals surface area contributed by atoms with Gasteiger partial charge in [0.15, 0.2) is 4.34 Å². The SMILES string of the molecule is Nc1nnc(SCCC(=O)N2CCc3ccccc32)s1. The van der Waals surface area contributed by atoms with Crippen molar-refractivity contribution < 1.29 is 4.79 Å². The Morgan fingerprint density at radius 3 is 3.05 bits per heavy atom. The summed E-state index contributed by atoms with van der Waals surface area (Å²) < 4.78 is 0.817. The van der Waals surface area contributed by atoms with Gasteiger partial charge in [-0.25, -0.2) is 0 Å². The minimum absolute atomic E-state index is 0.167. The molecule has 1 aromatic carbocycles. The van der Waals surface area contributed by atoms with Gasteiger partial charge in [0, 0.05) is 24.4 Å². The molecule has 0 bridgehead atoms. The monoisotopic (exact) mass is 306 g/mol. The molecule has 1 amide bonds. The Bertz CT molecular complexity index is 628. The number of para-hydroxylation sites is 1. The number of carbonyl (C=O) groups excluding carboxylic acids is 1. The van der Waals surface area contributed by atoms with Crippen molar-refractivity contribution in [2.45, 2.75) is 17.2 Å². The number of nitrogens with two attached hydrogens (primary N) is 1. The summed E-state index contributed by atoms with van der Waals surface area (Å²) in [5, 5.41) is 8.14. The lowest BCUT2D eigenvalue weighted by molar-refractivity contribution is -0.118. The third-order valence-electron chi connectivity index (χ3n) is 3.15. The fraction of sp³-hybridized carbons (Fsp3) is 0.308. The summed E-state index contributed by atoms with van der Waals surface area (Å²) in [6, 6.07) is 8.09. The maximum Gasteiger partial charge on any atom is 0.227 e. The Morgan fingerprint density at radius 1 is 1.40 bits per heavy atom. The van der Waals surface area contributed by atoms with Gasteiger partial charge in [0.25, 0.3) is 0 Å². The molecule has 0 spiro atoms. The molecule has 2 heterocycles. The van der Waals surface area contributed by atoms with Gasteiger partial charge in [-0.15, -0.1) is 10.2 Å². The van der Waals surface area contributed by atoms with Crippen molar-refractivity contribution in [3.05, 3.63) is 29.8 Å². The molecule has 0 radical (unpaired) electrons. The number of fused-ring (bicyclic) bond motifs is 1. The van der Waals surface area contributed by atoms with Gasteiger partial charge in [0.05, 0.1) is 0 Å². The van der Waals surface area contributed by atoms with E-state index in [0.717, 1.165) is 23.0 Å². The van der Waals surface area contributed by atoms with Crippen molar-refractivity contribution in [1.29, 1.82) is 0 Å². The summed E-state index contributed by atoms with van der Waals surface area (Å²) >= 11 is 2.88. The number of amides is 1. The molecule has 104 valence electrons. The van der Waals surface area contributed by atoms with Gasteiger partial charge in [-0.1, -0.05) is 41.3 Å². The predicted molar refractivity (Wildman–Crippen MR) is 82.2 cm³/mol. The van der Waals surface area contributed by atoms with Gasteiger partial charge in [0.1, 0.15) is 0 Å². The summed E-state index contributed by atoms with van der Waals surface area (Å²) in [5.74, 6) is 0.867. The molecule has 5 nitrogen and oxygen atoms in total. The fourth-order valence-corrected chi connectivity index (χ4v) is 3.87. The van der Waals surface area contributed by atoms with Crippen LogP contribution in [0.1, 0.15) is 12.0 Å². The first-order chi connectivity index (χ1) is 9.74. The molecule has 0 unspecified atom stereocenters. The van der Waals surface area contributed by atoms with Crippen molar-refractivity contribution in [3.63, 3.8) is 0 Å². The molecule has 1 aliphatic heterocycles. The Hall–Kier alpha value is -1.60. The standard InChI is InChI=1S/C13H14N4OS2/c14-12-15-16-13(20-12)19-8-6-11(18)17-7-5-9-3-1-2-4-10(9)17/h1-4H,5-8H2,(H2,14,15). The molecule has 2 aromatic rings. The van der Waals surface area contributed by atoms with Crippen LogP contribution in [0.5, 0.6) is 0 Å². The van der Waals surface area contributed by atoms with Crippen LogP contribution in [0.15, 0.2) is 28.6 Å². The van der Waals surface area contributed by atoms with Crippen LogP contribution in [-0.2, 0) is 11.2 Å². The fourth-order valence-electron chi connectivity index (χ4n) is 2.24. The normalized spacial score (nSPS) is 13.5. The lowest BCUT2D eigenvalue weighted by Gasteiger charge is -2.16. The number of nitrogen functional groups attached to an aromatic ring is 1. The summed E-state index contributed by atoms with van der Waals surface area (Å²) in [6.45, 7) is 0.786. The minimum atomic E-state index is 0.167. The second-order valence-electron chi connectivity index (χ2n) is 4.43. The smallest absolute Gasteiger partial charge is 0.227 e. The Morgan fingerprint density at radius 2 is 2.25 bits per heavy atom. The van der Waals surface area contributed by atoms with Gasteiger partial charge in [-0.05, 0) is 18.1 Å². The quantitative estimate of drug-likeness (QED) is 0.877. The van der Waals surface area contributed by atoms with E-state index >= 15 is 0 Å². The summed E-state index contributed by atoms with van der Waals surface area (Å²) in [6.07, 6.45) is 1.44.